The molecule has 5 heteroatoms. The molecular weight excluding hydrogens is 360 g/mol. The van der Waals surface area contributed by atoms with Crippen LogP contribution in [0.4, 0.5) is 0 Å². The molecule has 2 aromatic rings. The van der Waals surface area contributed by atoms with Gasteiger partial charge in [-0.2, -0.15) is 0 Å². The number of amidine groups is 1. The Hall–Kier alpha value is -2.59. The Morgan fingerprint density at radius 2 is 1.96 bits per heavy atom. The molecule has 1 heterocycles. The van der Waals surface area contributed by atoms with E-state index in [9.17, 15) is 4.79 Å². The second-order valence-electron chi connectivity index (χ2n) is 6.79. The molecule has 4 nitrogen and oxygen atoms in total. The summed E-state index contributed by atoms with van der Waals surface area (Å²) in [7, 11) is 1.62. The Bertz CT molecular complexity index is 916. The lowest BCUT2D eigenvalue weighted by Crippen LogP contribution is -2.24. The van der Waals surface area contributed by atoms with Crippen LogP contribution in [0.1, 0.15) is 42.9 Å². The third kappa shape index (κ3) is 4.58. The van der Waals surface area contributed by atoms with Gasteiger partial charge in [-0.1, -0.05) is 49.7 Å². The van der Waals surface area contributed by atoms with Crippen LogP contribution in [0.25, 0.3) is 6.08 Å². The van der Waals surface area contributed by atoms with Crippen molar-refractivity contribution in [2.24, 2.45) is 4.99 Å². The molecule has 0 saturated heterocycles. The van der Waals surface area contributed by atoms with Crippen molar-refractivity contribution in [3.63, 3.8) is 0 Å². The van der Waals surface area contributed by atoms with Crippen LogP contribution in [0.5, 0.6) is 5.75 Å². The molecule has 0 fully saturated rings. The number of hydrogen-bond acceptors (Lipinski definition) is 3. The summed E-state index contributed by atoms with van der Waals surface area (Å²) in [6.45, 7) is 4.26. The predicted octanol–water partition coefficient (Wildman–Crippen LogP) is 4.97. The van der Waals surface area contributed by atoms with Crippen LogP contribution in [-0.2, 0) is 11.2 Å². The number of aryl methyl sites for hydroxylation is 1. The standard InChI is InChI=1S/C22H23ClN2O2/c1-14(2)16-8-10-20(27-3)17(12-16)13-19-22(26)25-21(24-19)11-9-15-6-4-5-7-18(15)23/h4-8,10,12-14H,9,11H2,1-3H3,(H,24,25,26)/b19-13-. The van der Waals surface area contributed by atoms with E-state index in [2.05, 4.69) is 24.2 Å². The van der Waals surface area contributed by atoms with Gasteiger partial charge in [0.05, 0.1) is 7.11 Å². The normalized spacial score (nSPS) is 15.2. The molecule has 1 aliphatic heterocycles. The van der Waals surface area contributed by atoms with Crippen molar-refractivity contribution in [1.29, 1.82) is 0 Å². The lowest BCUT2D eigenvalue weighted by Gasteiger charge is -2.10. The van der Waals surface area contributed by atoms with Crippen molar-refractivity contribution in [2.45, 2.75) is 32.6 Å². The summed E-state index contributed by atoms with van der Waals surface area (Å²) in [6, 6.07) is 13.7. The smallest absolute Gasteiger partial charge is 0.275 e. The van der Waals surface area contributed by atoms with E-state index in [-0.39, 0.29) is 5.91 Å². The molecule has 3 rings (SSSR count). The van der Waals surface area contributed by atoms with Crippen molar-refractivity contribution in [3.05, 3.63) is 69.9 Å². The number of carbonyl (C=O) groups excluding carboxylic acids is 1. The van der Waals surface area contributed by atoms with Gasteiger partial charge in [0.1, 0.15) is 17.3 Å². The van der Waals surface area contributed by atoms with Crippen LogP contribution in [0, 0.1) is 0 Å². The highest BCUT2D eigenvalue weighted by molar-refractivity contribution is 6.31. The monoisotopic (exact) mass is 382 g/mol. The van der Waals surface area contributed by atoms with Crippen molar-refractivity contribution in [1.82, 2.24) is 5.32 Å². The summed E-state index contributed by atoms with van der Waals surface area (Å²) >= 11 is 6.20. The van der Waals surface area contributed by atoms with E-state index in [1.54, 1.807) is 13.2 Å². The average Bonchev–Trinajstić information content (AvgIpc) is 3.00. The minimum absolute atomic E-state index is 0.193. The number of amides is 1. The van der Waals surface area contributed by atoms with Crippen molar-refractivity contribution in [3.8, 4) is 5.75 Å². The van der Waals surface area contributed by atoms with E-state index in [0.29, 0.717) is 23.9 Å². The van der Waals surface area contributed by atoms with E-state index in [4.69, 9.17) is 16.3 Å². The Kier molecular flexibility index (Phi) is 5.97. The van der Waals surface area contributed by atoms with Crippen molar-refractivity contribution >= 4 is 29.4 Å². The molecule has 1 amide bonds. The van der Waals surface area contributed by atoms with Gasteiger partial charge in [0.15, 0.2) is 0 Å². The minimum Gasteiger partial charge on any atom is -0.496 e. The number of nitrogens with zero attached hydrogens (tertiary/aromatic N) is 1. The summed E-state index contributed by atoms with van der Waals surface area (Å²) in [5.41, 5.74) is 3.47. The van der Waals surface area contributed by atoms with E-state index >= 15 is 0 Å². The third-order valence-electron chi connectivity index (χ3n) is 4.55. The highest BCUT2D eigenvalue weighted by Crippen LogP contribution is 2.27. The van der Waals surface area contributed by atoms with Crippen LogP contribution in [-0.4, -0.2) is 18.9 Å². The number of methoxy groups -OCH3 is 1. The summed E-state index contributed by atoms with van der Waals surface area (Å²) in [5, 5.41) is 3.58. The van der Waals surface area contributed by atoms with Crippen molar-refractivity contribution in [2.75, 3.05) is 7.11 Å². The second kappa shape index (κ2) is 8.40. The molecule has 0 spiro atoms. The maximum Gasteiger partial charge on any atom is 0.275 e. The van der Waals surface area contributed by atoms with E-state index in [0.717, 1.165) is 28.3 Å². The number of rotatable bonds is 6. The maximum absolute atomic E-state index is 12.3. The Balaban J connectivity index is 1.81. The first-order valence-electron chi connectivity index (χ1n) is 9.00. The van der Waals surface area contributed by atoms with Crippen LogP contribution in [0.3, 0.4) is 0 Å². The molecule has 0 radical (unpaired) electrons. The number of nitrogens with one attached hydrogen (secondary N) is 1. The second-order valence-corrected chi connectivity index (χ2v) is 7.20. The van der Waals surface area contributed by atoms with Gasteiger partial charge < -0.3 is 10.1 Å². The first-order valence-corrected chi connectivity index (χ1v) is 9.37. The number of halogens is 1. The van der Waals surface area contributed by atoms with Crippen LogP contribution in [0.2, 0.25) is 5.02 Å². The van der Waals surface area contributed by atoms with Gasteiger partial charge in [-0.15, -0.1) is 0 Å². The van der Waals surface area contributed by atoms with Gasteiger partial charge in [0, 0.05) is 17.0 Å². The van der Waals surface area contributed by atoms with E-state index in [1.165, 1.54) is 5.56 Å². The molecule has 0 aromatic heterocycles. The Morgan fingerprint density at radius 3 is 2.67 bits per heavy atom. The largest absolute Gasteiger partial charge is 0.496 e. The zero-order valence-corrected chi connectivity index (χ0v) is 16.5. The maximum atomic E-state index is 12.3. The van der Waals surface area contributed by atoms with Crippen molar-refractivity contribution < 1.29 is 9.53 Å². The van der Waals surface area contributed by atoms with E-state index in [1.807, 2.05) is 42.5 Å². The highest BCUT2D eigenvalue weighted by Gasteiger charge is 2.20. The molecule has 1 N–H and O–H groups in total. The van der Waals surface area contributed by atoms with Gasteiger partial charge in [0.2, 0.25) is 0 Å². The summed E-state index contributed by atoms with van der Waals surface area (Å²) < 4.78 is 5.43. The molecule has 0 saturated carbocycles. The SMILES string of the molecule is COc1ccc(C(C)C)cc1/C=C1\N=C(CCc2ccccc2Cl)NC1=O. The average molecular weight is 383 g/mol. The molecule has 0 bridgehead atoms. The summed E-state index contributed by atoms with van der Waals surface area (Å²) in [6.07, 6.45) is 3.12. The topological polar surface area (TPSA) is 50.7 Å². The first kappa shape index (κ1) is 19.2. The number of benzene rings is 2. The number of ether oxygens (including phenoxy) is 1. The zero-order chi connectivity index (χ0) is 19.4. The van der Waals surface area contributed by atoms with E-state index < -0.39 is 0 Å². The molecule has 140 valence electrons. The molecule has 2 aromatic carbocycles. The fourth-order valence-corrected chi connectivity index (χ4v) is 3.19. The molecule has 1 aliphatic rings. The van der Waals surface area contributed by atoms with Crippen LogP contribution >= 0.6 is 11.6 Å². The van der Waals surface area contributed by atoms with Crippen LogP contribution in [0.15, 0.2) is 53.2 Å². The fourth-order valence-electron chi connectivity index (χ4n) is 2.96. The van der Waals surface area contributed by atoms with Gasteiger partial charge in [-0.3, -0.25) is 4.79 Å². The minimum atomic E-state index is -0.193. The molecular formula is C22H23ClN2O2. The molecule has 0 atom stereocenters. The quantitative estimate of drug-likeness (QED) is 0.717. The molecule has 0 aliphatic carbocycles. The summed E-state index contributed by atoms with van der Waals surface area (Å²) in [5.74, 6) is 1.57. The van der Waals surface area contributed by atoms with Gasteiger partial charge in [0.25, 0.3) is 5.91 Å². The Labute approximate surface area is 164 Å². The predicted molar refractivity (Wildman–Crippen MR) is 110 cm³/mol. The van der Waals surface area contributed by atoms with Crippen LogP contribution < -0.4 is 10.1 Å². The van der Waals surface area contributed by atoms with Gasteiger partial charge >= 0.3 is 0 Å². The lowest BCUT2D eigenvalue weighted by atomic mass is 10.00. The summed E-state index contributed by atoms with van der Waals surface area (Å²) in [4.78, 5) is 16.8. The lowest BCUT2D eigenvalue weighted by molar-refractivity contribution is -0.115. The number of carbonyl (C=O) groups is 1. The highest BCUT2D eigenvalue weighted by atomic mass is 35.5. The third-order valence-corrected chi connectivity index (χ3v) is 4.92. The molecule has 27 heavy (non-hydrogen) atoms. The van der Waals surface area contributed by atoms with Gasteiger partial charge in [-0.05, 0) is 47.7 Å². The fraction of sp³-hybridized carbons (Fsp3) is 0.273. The number of aliphatic imine (C=N–C) groups is 1. The Morgan fingerprint density at radius 1 is 1.19 bits per heavy atom. The first-order chi connectivity index (χ1) is 13.0. The molecule has 0 unspecified atom stereocenters. The number of hydrogen-bond donors (Lipinski definition) is 1. The zero-order valence-electron chi connectivity index (χ0n) is 15.8. The van der Waals surface area contributed by atoms with Gasteiger partial charge in [-0.25, -0.2) is 4.99 Å².